The third-order valence-corrected chi connectivity index (χ3v) is 6.32. The van der Waals surface area contributed by atoms with Crippen molar-refractivity contribution < 1.29 is 17.6 Å². The highest BCUT2D eigenvalue weighted by Crippen LogP contribution is 2.29. The Balaban J connectivity index is 1.70. The maximum atomic E-state index is 13.1. The lowest BCUT2D eigenvalue weighted by Crippen LogP contribution is -2.46. The molecule has 8 heteroatoms. The summed E-state index contributed by atoms with van der Waals surface area (Å²) in [5.41, 5.74) is 1.36. The molecule has 4 rings (SSSR count). The quantitative estimate of drug-likeness (QED) is 0.703. The average molecular weight is 373 g/mol. The number of rotatable bonds is 3. The van der Waals surface area contributed by atoms with Gasteiger partial charge in [0.2, 0.25) is 0 Å². The first-order valence-corrected chi connectivity index (χ1v) is 10.3. The van der Waals surface area contributed by atoms with Crippen LogP contribution >= 0.6 is 0 Å². The number of fused-ring (bicyclic) bond motifs is 1. The number of aryl methyl sites for hydroxylation is 1. The average Bonchev–Trinajstić information content (AvgIpc) is 3.27. The van der Waals surface area contributed by atoms with Crippen LogP contribution in [0.2, 0.25) is 0 Å². The van der Waals surface area contributed by atoms with Gasteiger partial charge < -0.3 is 9.32 Å². The molecule has 1 aliphatic heterocycles. The molecule has 1 atom stereocenters. The third-order valence-electron chi connectivity index (χ3n) is 4.69. The van der Waals surface area contributed by atoms with Gasteiger partial charge in [0.1, 0.15) is 5.58 Å². The number of benzene rings is 1. The second kappa shape index (κ2) is 6.28. The first kappa shape index (κ1) is 16.8. The Hall–Kier alpha value is -2.61. The molecule has 2 aromatic heterocycles. The summed E-state index contributed by atoms with van der Waals surface area (Å²) in [7, 11) is -3.21. The molecule has 1 fully saturated rings. The second-order valence-electron chi connectivity index (χ2n) is 6.41. The Labute approximate surface area is 151 Å². The number of hydrogen-bond donors (Lipinski definition) is 0. The van der Waals surface area contributed by atoms with Crippen LogP contribution in [0.5, 0.6) is 0 Å². The molecular formula is C18H19N3O4S. The molecule has 0 aliphatic carbocycles. The monoisotopic (exact) mass is 373 g/mol. The van der Waals surface area contributed by atoms with Crippen LogP contribution in [0.3, 0.4) is 0 Å². The van der Waals surface area contributed by atoms with Crippen LogP contribution in [0.15, 0.2) is 47.1 Å². The predicted molar refractivity (Wildman–Crippen MR) is 96.5 cm³/mol. The van der Waals surface area contributed by atoms with Crippen LogP contribution < -0.4 is 0 Å². The first-order chi connectivity index (χ1) is 12.5. The van der Waals surface area contributed by atoms with Crippen molar-refractivity contribution in [3.05, 3.63) is 54.0 Å². The Morgan fingerprint density at radius 1 is 1.35 bits per heavy atom. The number of nitrogens with zero attached hydrogens (tertiary/aromatic N) is 3. The number of sulfone groups is 1. The van der Waals surface area contributed by atoms with E-state index in [1.165, 1.54) is 0 Å². The van der Waals surface area contributed by atoms with Gasteiger partial charge in [-0.1, -0.05) is 18.2 Å². The summed E-state index contributed by atoms with van der Waals surface area (Å²) in [5.74, 6) is -0.227. The number of hydrogen-bond acceptors (Lipinski definition) is 5. The van der Waals surface area contributed by atoms with Crippen LogP contribution in [-0.2, 0) is 16.4 Å². The summed E-state index contributed by atoms with van der Waals surface area (Å²) < 4.78 is 31.7. The van der Waals surface area contributed by atoms with Crippen molar-refractivity contribution >= 4 is 26.7 Å². The zero-order valence-electron chi connectivity index (χ0n) is 14.3. The van der Waals surface area contributed by atoms with E-state index in [2.05, 4.69) is 5.10 Å². The minimum absolute atomic E-state index is 0.0443. The van der Waals surface area contributed by atoms with Gasteiger partial charge >= 0.3 is 0 Å². The first-order valence-electron chi connectivity index (χ1n) is 8.49. The summed E-state index contributed by atoms with van der Waals surface area (Å²) in [6.45, 7) is 2.77. The highest BCUT2D eigenvalue weighted by molar-refractivity contribution is 7.91. The van der Waals surface area contributed by atoms with E-state index in [1.807, 2.05) is 25.1 Å². The lowest BCUT2D eigenvalue weighted by Gasteiger charge is -2.34. The van der Waals surface area contributed by atoms with Crippen molar-refractivity contribution in [2.24, 2.45) is 0 Å². The van der Waals surface area contributed by atoms with E-state index >= 15 is 0 Å². The third kappa shape index (κ3) is 3.01. The van der Waals surface area contributed by atoms with Gasteiger partial charge in [-0.05, 0) is 19.1 Å². The van der Waals surface area contributed by atoms with Gasteiger partial charge in [0.15, 0.2) is 15.6 Å². The van der Waals surface area contributed by atoms with E-state index in [-0.39, 0.29) is 29.7 Å². The van der Waals surface area contributed by atoms with Crippen LogP contribution in [0.1, 0.15) is 29.1 Å². The van der Waals surface area contributed by atoms with E-state index in [1.54, 1.807) is 34.1 Å². The molecule has 1 saturated heterocycles. The van der Waals surface area contributed by atoms with Crippen molar-refractivity contribution in [1.29, 1.82) is 0 Å². The van der Waals surface area contributed by atoms with Crippen molar-refractivity contribution in [3.8, 4) is 0 Å². The van der Waals surface area contributed by atoms with E-state index in [4.69, 9.17) is 4.42 Å². The van der Waals surface area contributed by atoms with Gasteiger partial charge in [-0.2, -0.15) is 5.10 Å². The number of carbonyl (C=O) groups excluding carboxylic acids is 1. The fourth-order valence-electron chi connectivity index (χ4n) is 3.28. The van der Waals surface area contributed by atoms with Crippen molar-refractivity contribution in [3.63, 3.8) is 0 Å². The molecule has 3 heterocycles. The minimum Gasteiger partial charge on any atom is -0.451 e. The molecule has 1 aliphatic rings. The van der Waals surface area contributed by atoms with Crippen LogP contribution in [0, 0.1) is 0 Å². The second-order valence-corrected chi connectivity index (χ2v) is 8.64. The molecule has 0 saturated carbocycles. The Morgan fingerprint density at radius 2 is 2.15 bits per heavy atom. The summed E-state index contributed by atoms with van der Waals surface area (Å²) in [4.78, 5) is 14.6. The van der Waals surface area contributed by atoms with E-state index in [9.17, 15) is 13.2 Å². The highest BCUT2D eigenvalue weighted by Gasteiger charge is 2.37. The van der Waals surface area contributed by atoms with Gasteiger partial charge in [-0.25, -0.2) is 8.42 Å². The molecule has 0 bridgehead atoms. The molecule has 7 nitrogen and oxygen atoms in total. The van der Waals surface area contributed by atoms with Gasteiger partial charge in [-0.15, -0.1) is 0 Å². The summed E-state index contributed by atoms with van der Waals surface area (Å²) >= 11 is 0. The number of carbonyl (C=O) groups is 1. The van der Waals surface area contributed by atoms with E-state index in [0.717, 1.165) is 10.9 Å². The standard InChI is InChI=1S/C18H19N3O4S/c1-2-20-11-14(10-19-20)15-12-26(23,24)8-7-21(15)18(22)17-9-13-5-3-4-6-16(13)25-17/h3-6,9-11,15H,2,7-8,12H2,1H3. The van der Waals surface area contributed by atoms with Gasteiger partial charge in [0, 0.05) is 30.2 Å². The zero-order valence-corrected chi connectivity index (χ0v) is 15.1. The van der Waals surface area contributed by atoms with Crippen LogP contribution in [0.25, 0.3) is 11.0 Å². The van der Waals surface area contributed by atoms with Crippen molar-refractivity contribution in [2.45, 2.75) is 19.5 Å². The Morgan fingerprint density at radius 3 is 2.88 bits per heavy atom. The zero-order chi connectivity index (χ0) is 18.3. The predicted octanol–water partition coefficient (Wildman–Crippen LogP) is 2.26. The van der Waals surface area contributed by atoms with E-state index < -0.39 is 15.9 Å². The summed E-state index contributed by atoms with van der Waals surface area (Å²) in [5, 5.41) is 5.06. The molecule has 1 aromatic carbocycles. The summed E-state index contributed by atoms with van der Waals surface area (Å²) in [6.07, 6.45) is 3.43. The Kier molecular flexibility index (Phi) is 4.07. The highest BCUT2D eigenvalue weighted by atomic mass is 32.2. The molecular weight excluding hydrogens is 354 g/mol. The number of furan rings is 1. The number of amides is 1. The summed E-state index contributed by atoms with van der Waals surface area (Å²) in [6, 6.07) is 8.54. The maximum absolute atomic E-state index is 13.1. The number of aromatic nitrogens is 2. The molecule has 0 spiro atoms. The fourth-order valence-corrected chi connectivity index (χ4v) is 4.77. The molecule has 3 aromatic rings. The molecule has 26 heavy (non-hydrogen) atoms. The maximum Gasteiger partial charge on any atom is 0.290 e. The SMILES string of the molecule is CCn1cc(C2CS(=O)(=O)CCN2C(=O)c2cc3ccccc3o2)cn1. The molecule has 0 N–H and O–H groups in total. The fraction of sp³-hybridized carbons (Fsp3) is 0.333. The molecule has 1 unspecified atom stereocenters. The molecule has 1 amide bonds. The molecule has 136 valence electrons. The van der Waals surface area contributed by atoms with Crippen molar-refractivity contribution in [1.82, 2.24) is 14.7 Å². The lowest BCUT2D eigenvalue weighted by molar-refractivity contribution is 0.0667. The largest absolute Gasteiger partial charge is 0.451 e. The van der Waals surface area contributed by atoms with E-state index in [0.29, 0.717) is 12.1 Å². The Bertz CT molecular complexity index is 1030. The smallest absolute Gasteiger partial charge is 0.290 e. The van der Waals surface area contributed by atoms with Gasteiger partial charge in [0.05, 0.1) is 23.7 Å². The molecule has 0 radical (unpaired) electrons. The van der Waals surface area contributed by atoms with Crippen LogP contribution in [0.4, 0.5) is 0 Å². The van der Waals surface area contributed by atoms with Gasteiger partial charge in [-0.3, -0.25) is 9.48 Å². The van der Waals surface area contributed by atoms with Gasteiger partial charge in [0.25, 0.3) is 5.91 Å². The van der Waals surface area contributed by atoms with Crippen LogP contribution in [-0.4, -0.2) is 47.1 Å². The lowest BCUT2D eigenvalue weighted by atomic mass is 10.1. The topological polar surface area (TPSA) is 85.4 Å². The van der Waals surface area contributed by atoms with Crippen molar-refractivity contribution in [2.75, 3.05) is 18.1 Å². The number of para-hydroxylation sites is 1. The minimum atomic E-state index is -3.21. The normalized spacial score (nSPS) is 19.7.